The molecule has 0 bridgehead atoms. The Kier molecular flexibility index (Phi) is 4.11. The molecule has 2 aliphatic rings. The Morgan fingerprint density at radius 3 is 2.47 bits per heavy atom. The van der Waals surface area contributed by atoms with Crippen molar-refractivity contribution in [1.82, 2.24) is 9.80 Å². The van der Waals surface area contributed by atoms with Crippen molar-refractivity contribution in [3.8, 4) is 0 Å². The third-order valence-corrected chi connectivity index (χ3v) is 4.83. The second kappa shape index (κ2) is 5.25. The number of rotatable bonds is 6. The SMILES string of the molecule is CCC(CN)(C1CC1)N1CCCC1CN(C)C. The molecule has 0 aromatic rings. The second-order valence-corrected chi connectivity index (χ2v) is 6.19. The molecule has 1 heterocycles. The Balaban J connectivity index is 2.11. The van der Waals surface area contributed by atoms with E-state index in [1.54, 1.807) is 0 Å². The van der Waals surface area contributed by atoms with Crippen molar-refractivity contribution in [3.05, 3.63) is 0 Å². The lowest BCUT2D eigenvalue weighted by Crippen LogP contribution is -2.58. The summed E-state index contributed by atoms with van der Waals surface area (Å²) in [6, 6.07) is 0.731. The van der Waals surface area contributed by atoms with Gasteiger partial charge in [0.15, 0.2) is 0 Å². The van der Waals surface area contributed by atoms with E-state index in [1.165, 1.54) is 45.2 Å². The van der Waals surface area contributed by atoms with E-state index in [1.807, 2.05) is 0 Å². The molecule has 1 saturated heterocycles. The van der Waals surface area contributed by atoms with E-state index in [2.05, 4.69) is 30.8 Å². The summed E-state index contributed by atoms with van der Waals surface area (Å²) in [5.74, 6) is 0.875. The zero-order valence-electron chi connectivity index (χ0n) is 11.8. The van der Waals surface area contributed by atoms with Gasteiger partial charge in [0, 0.05) is 24.7 Å². The minimum Gasteiger partial charge on any atom is -0.329 e. The molecular weight excluding hydrogens is 210 g/mol. The molecule has 3 heteroatoms. The molecule has 0 aromatic carbocycles. The van der Waals surface area contributed by atoms with Crippen LogP contribution < -0.4 is 5.73 Å². The molecule has 2 N–H and O–H groups in total. The van der Waals surface area contributed by atoms with E-state index in [0.29, 0.717) is 5.54 Å². The van der Waals surface area contributed by atoms with Crippen molar-refractivity contribution in [2.75, 3.05) is 33.7 Å². The van der Waals surface area contributed by atoms with Gasteiger partial charge in [0.25, 0.3) is 0 Å². The summed E-state index contributed by atoms with van der Waals surface area (Å²) in [6.45, 7) is 5.63. The normalized spacial score (nSPS) is 29.8. The van der Waals surface area contributed by atoms with Gasteiger partial charge in [-0.1, -0.05) is 6.92 Å². The molecule has 0 amide bonds. The summed E-state index contributed by atoms with van der Waals surface area (Å²) in [6.07, 6.45) is 6.73. The van der Waals surface area contributed by atoms with Gasteiger partial charge in [0.05, 0.1) is 0 Å². The maximum Gasteiger partial charge on any atom is 0.0360 e. The molecule has 3 nitrogen and oxygen atoms in total. The molecule has 2 atom stereocenters. The van der Waals surface area contributed by atoms with Crippen LogP contribution in [-0.2, 0) is 0 Å². The molecule has 1 aliphatic heterocycles. The number of hydrogen-bond donors (Lipinski definition) is 1. The standard InChI is InChI=1S/C14H29N3/c1-4-14(11-15,12-7-8-12)17-9-5-6-13(17)10-16(2)3/h12-13H,4-11,15H2,1-3H3. The number of nitrogens with two attached hydrogens (primary N) is 1. The van der Waals surface area contributed by atoms with Crippen molar-refractivity contribution in [3.63, 3.8) is 0 Å². The second-order valence-electron chi connectivity index (χ2n) is 6.19. The highest BCUT2D eigenvalue weighted by Gasteiger charge is 2.50. The minimum atomic E-state index is 0.317. The lowest BCUT2D eigenvalue weighted by Gasteiger charge is -2.45. The summed E-state index contributed by atoms with van der Waals surface area (Å²) >= 11 is 0. The van der Waals surface area contributed by atoms with Crippen LogP contribution in [0.2, 0.25) is 0 Å². The molecule has 2 unspecified atom stereocenters. The Morgan fingerprint density at radius 2 is 2.00 bits per heavy atom. The fraction of sp³-hybridized carbons (Fsp3) is 1.00. The summed E-state index contributed by atoms with van der Waals surface area (Å²) in [4.78, 5) is 5.09. The van der Waals surface area contributed by atoms with E-state index in [4.69, 9.17) is 5.73 Å². The third kappa shape index (κ3) is 2.51. The predicted molar refractivity (Wildman–Crippen MR) is 73.1 cm³/mol. The predicted octanol–water partition coefficient (Wildman–Crippen LogP) is 1.53. The summed E-state index contributed by atoms with van der Waals surface area (Å²) in [5.41, 5.74) is 6.49. The van der Waals surface area contributed by atoms with Gasteiger partial charge in [-0.25, -0.2) is 0 Å². The smallest absolute Gasteiger partial charge is 0.0360 e. The van der Waals surface area contributed by atoms with Crippen LogP contribution >= 0.6 is 0 Å². The maximum atomic E-state index is 6.18. The molecule has 0 radical (unpaired) electrons. The Morgan fingerprint density at radius 1 is 1.29 bits per heavy atom. The fourth-order valence-corrected chi connectivity index (χ4v) is 3.81. The topological polar surface area (TPSA) is 32.5 Å². The molecule has 100 valence electrons. The van der Waals surface area contributed by atoms with Crippen molar-refractivity contribution in [2.45, 2.75) is 50.6 Å². The van der Waals surface area contributed by atoms with Gasteiger partial charge in [0.1, 0.15) is 0 Å². The van der Waals surface area contributed by atoms with Gasteiger partial charge in [-0.2, -0.15) is 0 Å². The van der Waals surface area contributed by atoms with Crippen molar-refractivity contribution in [1.29, 1.82) is 0 Å². The summed E-state index contributed by atoms with van der Waals surface area (Å²) in [5, 5.41) is 0. The molecule has 0 spiro atoms. The van der Waals surface area contributed by atoms with Gasteiger partial charge in [0.2, 0.25) is 0 Å². The van der Waals surface area contributed by atoms with Gasteiger partial charge in [-0.05, 0) is 58.7 Å². The highest BCUT2D eigenvalue weighted by molar-refractivity contribution is 5.06. The van der Waals surface area contributed by atoms with Gasteiger partial charge < -0.3 is 10.6 Å². The van der Waals surface area contributed by atoms with Crippen molar-refractivity contribution >= 4 is 0 Å². The van der Waals surface area contributed by atoms with E-state index >= 15 is 0 Å². The molecule has 1 saturated carbocycles. The largest absolute Gasteiger partial charge is 0.329 e. The van der Waals surface area contributed by atoms with Crippen LogP contribution in [-0.4, -0.2) is 55.1 Å². The first-order valence-electron chi connectivity index (χ1n) is 7.25. The molecule has 2 fully saturated rings. The first-order valence-corrected chi connectivity index (χ1v) is 7.25. The molecule has 0 aromatic heterocycles. The van der Waals surface area contributed by atoms with Gasteiger partial charge >= 0.3 is 0 Å². The third-order valence-electron chi connectivity index (χ3n) is 4.83. The molecule has 1 aliphatic carbocycles. The molecular formula is C14H29N3. The van der Waals surface area contributed by atoms with E-state index in [9.17, 15) is 0 Å². The Hall–Kier alpha value is -0.120. The number of nitrogens with zero attached hydrogens (tertiary/aromatic N) is 2. The molecule has 2 rings (SSSR count). The van der Waals surface area contributed by atoms with Crippen LogP contribution in [0.25, 0.3) is 0 Å². The molecule has 17 heavy (non-hydrogen) atoms. The zero-order chi connectivity index (χ0) is 12.5. The first kappa shape index (κ1) is 13.3. The van der Waals surface area contributed by atoms with Crippen LogP contribution in [0.4, 0.5) is 0 Å². The summed E-state index contributed by atoms with van der Waals surface area (Å²) in [7, 11) is 4.37. The van der Waals surface area contributed by atoms with E-state index in [-0.39, 0.29) is 0 Å². The van der Waals surface area contributed by atoms with Crippen molar-refractivity contribution in [2.24, 2.45) is 11.7 Å². The van der Waals surface area contributed by atoms with E-state index in [0.717, 1.165) is 18.5 Å². The Bertz CT molecular complexity index is 244. The van der Waals surface area contributed by atoms with Crippen molar-refractivity contribution < 1.29 is 0 Å². The number of likely N-dealkylation sites (N-methyl/N-ethyl adjacent to an activating group) is 1. The lowest BCUT2D eigenvalue weighted by atomic mass is 9.87. The fourth-order valence-electron chi connectivity index (χ4n) is 3.81. The maximum absolute atomic E-state index is 6.18. The summed E-state index contributed by atoms with van der Waals surface area (Å²) < 4.78 is 0. The van der Waals surface area contributed by atoms with Crippen LogP contribution in [0.5, 0.6) is 0 Å². The minimum absolute atomic E-state index is 0.317. The van der Waals surface area contributed by atoms with Crippen LogP contribution in [0, 0.1) is 5.92 Å². The highest BCUT2D eigenvalue weighted by atomic mass is 15.3. The number of hydrogen-bond acceptors (Lipinski definition) is 3. The highest BCUT2D eigenvalue weighted by Crippen LogP contribution is 2.47. The zero-order valence-corrected chi connectivity index (χ0v) is 11.8. The van der Waals surface area contributed by atoms with Crippen LogP contribution in [0.15, 0.2) is 0 Å². The monoisotopic (exact) mass is 239 g/mol. The average molecular weight is 239 g/mol. The first-order chi connectivity index (χ1) is 8.14. The van der Waals surface area contributed by atoms with Gasteiger partial charge in [-0.15, -0.1) is 0 Å². The quantitative estimate of drug-likeness (QED) is 0.763. The van der Waals surface area contributed by atoms with Crippen LogP contribution in [0.1, 0.15) is 39.0 Å². The van der Waals surface area contributed by atoms with Gasteiger partial charge in [-0.3, -0.25) is 4.90 Å². The average Bonchev–Trinajstić information content (AvgIpc) is 3.04. The lowest BCUT2D eigenvalue weighted by molar-refractivity contribution is 0.0457. The van der Waals surface area contributed by atoms with E-state index < -0.39 is 0 Å². The number of likely N-dealkylation sites (tertiary alicyclic amines) is 1. The van der Waals surface area contributed by atoms with Crippen LogP contribution in [0.3, 0.4) is 0 Å². The Labute approximate surface area is 106 Å².